The number of para-hydroxylation sites is 1. The normalized spacial score (nSPS) is 18.9. The van der Waals surface area contributed by atoms with E-state index in [1.807, 2.05) is 24.4 Å². The van der Waals surface area contributed by atoms with Gasteiger partial charge in [-0.15, -0.1) is 0 Å². The summed E-state index contributed by atoms with van der Waals surface area (Å²) in [5, 5.41) is 6.75. The lowest BCUT2D eigenvalue weighted by Crippen LogP contribution is -2.42. The van der Waals surface area contributed by atoms with Crippen molar-refractivity contribution in [1.82, 2.24) is 15.6 Å². The average Bonchev–Trinajstić information content (AvgIpc) is 3.19. The van der Waals surface area contributed by atoms with Gasteiger partial charge in [-0.25, -0.2) is 9.98 Å². The molecule has 0 spiro atoms. The molecule has 2 aliphatic rings. The van der Waals surface area contributed by atoms with Crippen LogP contribution in [0.5, 0.6) is 5.75 Å². The van der Waals surface area contributed by atoms with Crippen molar-refractivity contribution < 1.29 is 9.47 Å². The van der Waals surface area contributed by atoms with Gasteiger partial charge in [0.25, 0.3) is 0 Å². The number of pyridine rings is 1. The fraction of sp³-hybridized carbons (Fsp3) is 0.455. The van der Waals surface area contributed by atoms with Gasteiger partial charge in [0.1, 0.15) is 17.7 Å². The number of rotatable bonds is 6. The molecule has 4 rings (SSSR count). The molecule has 3 heterocycles. The van der Waals surface area contributed by atoms with Gasteiger partial charge in [0.2, 0.25) is 0 Å². The van der Waals surface area contributed by atoms with E-state index >= 15 is 0 Å². The van der Waals surface area contributed by atoms with E-state index in [9.17, 15) is 0 Å². The van der Waals surface area contributed by atoms with Crippen molar-refractivity contribution in [2.75, 3.05) is 44.3 Å². The van der Waals surface area contributed by atoms with Crippen molar-refractivity contribution in [2.45, 2.75) is 26.0 Å². The molecule has 0 aliphatic carbocycles. The van der Waals surface area contributed by atoms with Gasteiger partial charge in [-0.1, -0.05) is 24.3 Å². The minimum Gasteiger partial charge on any atom is -0.488 e. The number of aliphatic imine (C=N–C) groups is 1. The number of anilines is 1. The highest BCUT2D eigenvalue weighted by atomic mass is 16.5. The zero-order valence-corrected chi connectivity index (χ0v) is 16.9. The highest BCUT2D eigenvalue weighted by molar-refractivity contribution is 5.79. The number of morpholine rings is 1. The van der Waals surface area contributed by atoms with Gasteiger partial charge in [0.15, 0.2) is 5.96 Å². The summed E-state index contributed by atoms with van der Waals surface area (Å²) in [7, 11) is 0. The SMILES string of the molecule is CCNC(=NCc1cccnc1N1CCOCC1)NCC1Cc2ccccc2O1. The monoisotopic (exact) mass is 395 g/mol. The lowest BCUT2D eigenvalue weighted by atomic mass is 10.1. The first-order valence-corrected chi connectivity index (χ1v) is 10.4. The predicted molar refractivity (Wildman–Crippen MR) is 115 cm³/mol. The number of fused-ring (bicyclic) bond motifs is 1. The molecule has 1 aromatic carbocycles. The second-order valence-corrected chi connectivity index (χ2v) is 7.21. The van der Waals surface area contributed by atoms with Gasteiger partial charge >= 0.3 is 0 Å². The van der Waals surface area contributed by atoms with Gasteiger partial charge in [0.05, 0.1) is 26.3 Å². The number of benzene rings is 1. The van der Waals surface area contributed by atoms with E-state index in [0.29, 0.717) is 13.1 Å². The summed E-state index contributed by atoms with van der Waals surface area (Å²) < 4.78 is 11.5. The van der Waals surface area contributed by atoms with E-state index in [2.05, 4.69) is 45.6 Å². The number of guanidine groups is 1. The van der Waals surface area contributed by atoms with Crippen LogP contribution in [0.4, 0.5) is 5.82 Å². The molecular weight excluding hydrogens is 366 g/mol. The molecule has 1 atom stereocenters. The van der Waals surface area contributed by atoms with E-state index in [4.69, 9.17) is 14.5 Å². The Morgan fingerprint density at radius 1 is 1.17 bits per heavy atom. The molecule has 2 aliphatic heterocycles. The van der Waals surface area contributed by atoms with Crippen molar-refractivity contribution in [3.05, 3.63) is 53.7 Å². The Morgan fingerprint density at radius 2 is 2.03 bits per heavy atom. The molecule has 1 unspecified atom stereocenters. The molecule has 2 aromatic rings. The van der Waals surface area contributed by atoms with Gasteiger partial charge in [0, 0.05) is 37.8 Å². The highest BCUT2D eigenvalue weighted by Gasteiger charge is 2.22. The van der Waals surface area contributed by atoms with E-state index in [1.165, 1.54) is 5.56 Å². The van der Waals surface area contributed by atoms with Crippen molar-refractivity contribution in [3.63, 3.8) is 0 Å². The van der Waals surface area contributed by atoms with Crippen LogP contribution in [0.3, 0.4) is 0 Å². The maximum absolute atomic E-state index is 6.02. The third kappa shape index (κ3) is 4.98. The van der Waals surface area contributed by atoms with E-state index in [-0.39, 0.29) is 6.10 Å². The highest BCUT2D eigenvalue weighted by Crippen LogP contribution is 2.27. The molecule has 1 fully saturated rings. The fourth-order valence-corrected chi connectivity index (χ4v) is 3.70. The van der Waals surface area contributed by atoms with Crippen LogP contribution in [0, 0.1) is 0 Å². The summed E-state index contributed by atoms with van der Waals surface area (Å²) in [5.74, 6) is 2.79. The molecule has 154 valence electrons. The topological polar surface area (TPSA) is 71.0 Å². The van der Waals surface area contributed by atoms with E-state index < -0.39 is 0 Å². The summed E-state index contributed by atoms with van der Waals surface area (Å²) in [6.07, 6.45) is 2.89. The first-order valence-electron chi connectivity index (χ1n) is 10.4. The summed E-state index contributed by atoms with van der Waals surface area (Å²) in [5.41, 5.74) is 2.39. The van der Waals surface area contributed by atoms with Crippen LogP contribution in [0.1, 0.15) is 18.1 Å². The third-order valence-corrected chi connectivity index (χ3v) is 5.14. The summed E-state index contributed by atoms with van der Waals surface area (Å²) >= 11 is 0. The number of nitrogens with one attached hydrogen (secondary N) is 2. The minimum absolute atomic E-state index is 0.124. The Morgan fingerprint density at radius 3 is 2.86 bits per heavy atom. The number of nitrogens with zero attached hydrogens (tertiary/aromatic N) is 3. The standard InChI is InChI=1S/C22H29N5O2/c1-2-23-22(26-16-19-14-17-6-3-4-8-20(17)29-19)25-15-18-7-5-9-24-21(18)27-10-12-28-13-11-27/h3-9,19H,2,10-16H2,1H3,(H2,23,25,26). The van der Waals surface area contributed by atoms with Gasteiger partial charge in [-0.05, 0) is 24.6 Å². The largest absolute Gasteiger partial charge is 0.488 e. The van der Waals surface area contributed by atoms with Crippen LogP contribution in [-0.4, -0.2) is 56.4 Å². The molecule has 7 nitrogen and oxygen atoms in total. The van der Waals surface area contributed by atoms with Crippen molar-refractivity contribution in [2.24, 2.45) is 4.99 Å². The predicted octanol–water partition coefficient (Wildman–Crippen LogP) is 1.98. The van der Waals surface area contributed by atoms with Gasteiger partial charge < -0.3 is 25.0 Å². The summed E-state index contributed by atoms with van der Waals surface area (Å²) in [6, 6.07) is 12.3. The molecule has 0 saturated carbocycles. The molecular formula is C22H29N5O2. The van der Waals surface area contributed by atoms with Crippen LogP contribution < -0.4 is 20.3 Å². The minimum atomic E-state index is 0.124. The van der Waals surface area contributed by atoms with Crippen LogP contribution in [-0.2, 0) is 17.7 Å². The van der Waals surface area contributed by atoms with Gasteiger partial charge in [-0.2, -0.15) is 0 Å². The molecule has 0 bridgehead atoms. The molecule has 1 saturated heterocycles. The zero-order chi connectivity index (χ0) is 19.9. The third-order valence-electron chi connectivity index (χ3n) is 5.14. The summed E-state index contributed by atoms with van der Waals surface area (Å²) in [6.45, 7) is 7.38. The maximum Gasteiger partial charge on any atom is 0.191 e. The van der Waals surface area contributed by atoms with Crippen molar-refractivity contribution >= 4 is 11.8 Å². The Balaban J connectivity index is 1.38. The maximum atomic E-state index is 6.02. The van der Waals surface area contributed by atoms with Crippen LogP contribution in [0.25, 0.3) is 0 Å². The van der Waals surface area contributed by atoms with Crippen molar-refractivity contribution in [1.29, 1.82) is 0 Å². The number of ether oxygens (including phenoxy) is 2. The fourth-order valence-electron chi connectivity index (χ4n) is 3.70. The molecule has 0 radical (unpaired) electrons. The molecule has 2 N–H and O–H groups in total. The quantitative estimate of drug-likeness (QED) is 0.576. The summed E-state index contributed by atoms with van der Waals surface area (Å²) in [4.78, 5) is 11.7. The number of hydrogen-bond acceptors (Lipinski definition) is 5. The zero-order valence-electron chi connectivity index (χ0n) is 16.9. The first kappa shape index (κ1) is 19.5. The Labute approximate surface area is 172 Å². The molecule has 7 heteroatoms. The second kappa shape index (κ2) is 9.60. The number of hydrogen-bond donors (Lipinski definition) is 2. The van der Waals surface area contributed by atoms with E-state index in [1.54, 1.807) is 0 Å². The molecule has 1 aromatic heterocycles. The Hall–Kier alpha value is -2.80. The van der Waals surface area contributed by atoms with Crippen LogP contribution >= 0.6 is 0 Å². The van der Waals surface area contributed by atoms with Crippen LogP contribution in [0.15, 0.2) is 47.6 Å². The second-order valence-electron chi connectivity index (χ2n) is 7.21. The van der Waals surface area contributed by atoms with Crippen molar-refractivity contribution in [3.8, 4) is 5.75 Å². The Bertz CT molecular complexity index is 810. The Kier molecular flexibility index (Phi) is 6.46. The smallest absolute Gasteiger partial charge is 0.191 e. The first-order chi connectivity index (χ1) is 14.3. The lowest BCUT2D eigenvalue weighted by molar-refractivity contribution is 0.122. The lowest BCUT2D eigenvalue weighted by Gasteiger charge is -2.29. The molecule has 0 amide bonds. The number of aromatic nitrogens is 1. The van der Waals surface area contributed by atoms with E-state index in [0.717, 1.165) is 62.4 Å². The average molecular weight is 396 g/mol. The van der Waals surface area contributed by atoms with Gasteiger partial charge in [-0.3, -0.25) is 0 Å². The van der Waals surface area contributed by atoms with Crippen LogP contribution in [0.2, 0.25) is 0 Å². The molecule has 29 heavy (non-hydrogen) atoms.